The number of rotatable bonds is 6. The highest BCUT2D eigenvalue weighted by atomic mass is 19.1. The Hall–Kier alpha value is -4.40. The number of carbonyl (C=O) groups is 1. The minimum Gasteiger partial charge on any atom is -0.370 e. The van der Waals surface area contributed by atoms with E-state index in [0.29, 0.717) is 39.4 Å². The SMILES string of the molecule is C=C(F)C(=O)Nc1cc2c(Nc3ccnc(-c4ccccc4F)c3)ncnc2cc1N1CCC1. The molecule has 2 N–H and O–H groups in total. The molecule has 2 aromatic carbocycles. The lowest BCUT2D eigenvalue weighted by molar-refractivity contribution is -0.114. The molecule has 3 heterocycles. The molecule has 0 radical (unpaired) electrons. The number of fused-ring (bicyclic) bond motifs is 1. The maximum absolute atomic E-state index is 14.2. The van der Waals surface area contributed by atoms with E-state index in [0.717, 1.165) is 25.2 Å². The average molecular weight is 458 g/mol. The maximum atomic E-state index is 14.2. The first-order valence-electron chi connectivity index (χ1n) is 10.7. The van der Waals surface area contributed by atoms with Gasteiger partial charge in [0.05, 0.1) is 22.6 Å². The van der Waals surface area contributed by atoms with Crippen LogP contribution in [0.25, 0.3) is 22.2 Å². The largest absolute Gasteiger partial charge is 0.370 e. The van der Waals surface area contributed by atoms with E-state index in [-0.39, 0.29) is 5.82 Å². The van der Waals surface area contributed by atoms with Gasteiger partial charge in [0.25, 0.3) is 5.91 Å². The van der Waals surface area contributed by atoms with Crippen molar-refractivity contribution < 1.29 is 13.6 Å². The predicted octanol–water partition coefficient (Wildman–Crippen LogP) is 5.21. The molecule has 0 aliphatic carbocycles. The van der Waals surface area contributed by atoms with Crippen LogP contribution in [0.2, 0.25) is 0 Å². The number of nitrogens with one attached hydrogen (secondary N) is 2. The van der Waals surface area contributed by atoms with E-state index in [9.17, 15) is 13.6 Å². The van der Waals surface area contributed by atoms with Gasteiger partial charge in [0, 0.05) is 35.9 Å². The van der Waals surface area contributed by atoms with E-state index in [1.165, 1.54) is 12.4 Å². The molecule has 0 unspecified atom stereocenters. The summed E-state index contributed by atoms with van der Waals surface area (Å²) in [5.41, 5.74) is 3.34. The van der Waals surface area contributed by atoms with Gasteiger partial charge < -0.3 is 15.5 Å². The van der Waals surface area contributed by atoms with Gasteiger partial charge in [-0.2, -0.15) is 0 Å². The summed E-state index contributed by atoms with van der Waals surface area (Å²) in [6.07, 6.45) is 4.05. The van der Waals surface area contributed by atoms with Gasteiger partial charge in [0.15, 0.2) is 5.83 Å². The van der Waals surface area contributed by atoms with Gasteiger partial charge >= 0.3 is 0 Å². The summed E-state index contributed by atoms with van der Waals surface area (Å²) in [6.45, 7) is 4.73. The Kier molecular flexibility index (Phi) is 5.59. The fourth-order valence-electron chi connectivity index (χ4n) is 3.76. The van der Waals surface area contributed by atoms with Crippen molar-refractivity contribution in [2.75, 3.05) is 28.6 Å². The highest BCUT2D eigenvalue weighted by molar-refractivity contribution is 6.07. The molecule has 7 nitrogen and oxygen atoms in total. The number of benzene rings is 2. The fourth-order valence-corrected chi connectivity index (χ4v) is 3.76. The zero-order valence-electron chi connectivity index (χ0n) is 18.1. The second-order valence-corrected chi connectivity index (χ2v) is 7.84. The van der Waals surface area contributed by atoms with Crippen LogP contribution in [0, 0.1) is 5.82 Å². The number of amides is 1. The molecule has 1 aliphatic rings. The highest BCUT2D eigenvalue weighted by Crippen LogP contribution is 2.36. The maximum Gasteiger partial charge on any atom is 0.283 e. The lowest BCUT2D eigenvalue weighted by Gasteiger charge is -2.34. The Bertz CT molecular complexity index is 1420. The molecule has 5 rings (SSSR count). The number of hydrogen-bond acceptors (Lipinski definition) is 6. The van der Waals surface area contributed by atoms with E-state index < -0.39 is 11.7 Å². The number of nitrogens with zero attached hydrogens (tertiary/aromatic N) is 4. The molecule has 4 aromatic rings. The first-order valence-corrected chi connectivity index (χ1v) is 10.7. The zero-order chi connectivity index (χ0) is 23.7. The van der Waals surface area contributed by atoms with Crippen LogP contribution in [0.15, 0.2) is 73.5 Å². The van der Waals surface area contributed by atoms with Crippen LogP contribution in [0.4, 0.5) is 31.7 Å². The van der Waals surface area contributed by atoms with Crippen molar-refractivity contribution >= 4 is 39.7 Å². The van der Waals surface area contributed by atoms with E-state index in [4.69, 9.17) is 0 Å². The lowest BCUT2D eigenvalue weighted by Crippen LogP contribution is -2.37. The lowest BCUT2D eigenvalue weighted by atomic mass is 10.1. The van der Waals surface area contributed by atoms with Crippen molar-refractivity contribution in [1.29, 1.82) is 0 Å². The Morgan fingerprint density at radius 1 is 1.06 bits per heavy atom. The monoisotopic (exact) mass is 458 g/mol. The highest BCUT2D eigenvalue weighted by Gasteiger charge is 2.21. The molecule has 1 fully saturated rings. The fraction of sp³-hybridized carbons (Fsp3) is 0.120. The van der Waals surface area contributed by atoms with E-state index >= 15 is 0 Å². The van der Waals surface area contributed by atoms with Gasteiger partial charge in [-0.05, 0) is 42.8 Å². The van der Waals surface area contributed by atoms with Crippen LogP contribution < -0.4 is 15.5 Å². The second kappa shape index (κ2) is 8.86. The number of pyridine rings is 1. The first kappa shape index (κ1) is 21.4. The normalized spacial score (nSPS) is 12.8. The van der Waals surface area contributed by atoms with Crippen molar-refractivity contribution in [1.82, 2.24) is 15.0 Å². The first-order chi connectivity index (χ1) is 16.5. The smallest absolute Gasteiger partial charge is 0.283 e. The van der Waals surface area contributed by atoms with Crippen LogP contribution in [-0.4, -0.2) is 33.9 Å². The zero-order valence-corrected chi connectivity index (χ0v) is 18.1. The Labute approximate surface area is 194 Å². The minimum atomic E-state index is -1.07. The second-order valence-electron chi connectivity index (χ2n) is 7.84. The quantitative estimate of drug-likeness (QED) is 0.386. The van der Waals surface area contributed by atoms with Gasteiger partial charge in [-0.1, -0.05) is 18.7 Å². The van der Waals surface area contributed by atoms with Crippen molar-refractivity contribution in [2.45, 2.75) is 6.42 Å². The predicted molar refractivity (Wildman–Crippen MR) is 128 cm³/mol. The molecular formula is C25H20F2N6O. The van der Waals surface area contributed by atoms with Crippen molar-refractivity contribution in [3.8, 4) is 11.3 Å². The Morgan fingerprint density at radius 2 is 1.88 bits per heavy atom. The summed E-state index contributed by atoms with van der Waals surface area (Å²) in [5.74, 6) is -1.88. The Balaban J connectivity index is 1.54. The molecule has 1 saturated heterocycles. The number of anilines is 4. The summed E-state index contributed by atoms with van der Waals surface area (Å²) >= 11 is 0. The van der Waals surface area contributed by atoms with Gasteiger partial charge in [-0.25, -0.2) is 18.7 Å². The third-order valence-electron chi connectivity index (χ3n) is 5.62. The van der Waals surface area contributed by atoms with E-state index in [1.807, 2.05) is 6.07 Å². The molecule has 0 bridgehead atoms. The number of carbonyl (C=O) groups excluding carboxylic acids is 1. The van der Waals surface area contributed by atoms with Crippen LogP contribution in [0.1, 0.15) is 6.42 Å². The summed E-state index contributed by atoms with van der Waals surface area (Å²) in [6, 6.07) is 13.4. The summed E-state index contributed by atoms with van der Waals surface area (Å²) in [4.78, 5) is 27.1. The molecule has 34 heavy (non-hydrogen) atoms. The molecule has 0 atom stereocenters. The summed E-state index contributed by atoms with van der Waals surface area (Å²) in [5, 5.41) is 6.44. The number of halogens is 2. The summed E-state index contributed by atoms with van der Waals surface area (Å²) in [7, 11) is 0. The van der Waals surface area contributed by atoms with Crippen molar-refractivity contribution in [3.05, 3.63) is 79.3 Å². The van der Waals surface area contributed by atoms with Crippen molar-refractivity contribution in [2.24, 2.45) is 0 Å². The number of aromatic nitrogens is 3. The topological polar surface area (TPSA) is 83.0 Å². The molecule has 0 spiro atoms. The number of hydrogen-bond donors (Lipinski definition) is 2. The van der Waals surface area contributed by atoms with Crippen LogP contribution in [-0.2, 0) is 4.79 Å². The minimum absolute atomic E-state index is 0.368. The molecular weight excluding hydrogens is 438 g/mol. The standard InChI is InChI=1S/C25H20F2N6O/c1-15(26)25(34)32-22-12-18-21(13-23(22)33-9-4-10-33)29-14-30-24(18)31-16-7-8-28-20(11-16)17-5-2-3-6-19(17)27/h2-3,5-8,11-14H,1,4,9-10H2,(H,32,34)(H,28,29,30,31). The molecule has 170 valence electrons. The van der Waals surface area contributed by atoms with Crippen LogP contribution >= 0.6 is 0 Å². The third kappa shape index (κ3) is 4.15. The van der Waals surface area contributed by atoms with Gasteiger partial charge in [0.2, 0.25) is 0 Å². The molecule has 1 aliphatic heterocycles. The van der Waals surface area contributed by atoms with Gasteiger partial charge in [0.1, 0.15) is 18.0 Å². The molecule has 0 saturated carbocycles. The summed E-state index contributed by atoms with van der Waals surface area (Å²) < 4.78 is 27.6. The Morgan fingerprint density at radius 3 is 2.62 bits per heavy atom. The van der Waals surface area contributed by atoms with Crippen LogP contribution in [0.5, 0.6) is 0 Å². The van der Waals surface area contributed by atoms with Gasteiger partial charge in [-0.15, -0.1) is 0 Å². The van der Waals surface area contributed by atoms with E-state index in [1.54, 1.807) is 42.6 Å². The average Bonchev–Trinajstić information content (AvgIpc) is 2.79. The molecule has 2 aromatic heterocycles. The third-order valence-corrected chi connectivity index (χ3v) is 5.62. The molecule has 1 amide bonds. The van der Waals surface area contributed by atoms with E-state index in [2.05, 4.69) is 37.1 Å². The van der Waals surface area contributed by atoms with Crippen molar-refractivity contribution in [3.63, 3.8) is 0 Å². The van der Waals surface area contributed by atoms with Gasteiger partial charge in [-0.3, -0.25) is 9.78 Å². The van der Waals surface area contributed by atoms with Crippen LogP contribution in [0.3, 0.4) is 0 Å². The molecule has 9 heteroatoms.